The molecule has 30 heavy (non-hydrogen) atoms. The van der Waals surface area contributed by atoms with E-state index in [1.165, 1.54) is 16.7 Å². The number of guanidine groups is 1. The zero-order chi connectivity index (χ0) is 21.2. The number of aryl methyl sites for hydroxylation is 3. The molecule has 0 atom stereocenters. The van der Waals surface area contributed by atoms with E-state index in [1.54, 1.807) is 6.33 Å². The highest BCUT2D eigenvalue weighted by molar-refractivity contribution is 5.77. The van der Waals surface area contributed by atoms with Crippen LogP contribution in [0.2, 0.25) is 0 Å². The van der Waals surface area contributed by atoms with Gasteiger partial charge in [0.05, 0.1) is 6.33 Å². The number of nitrogens with zero attached hydrogens (tertiary/aromatic N) is 4. The van der Waals surface area contributed by atoms with Crippen LogP contribution in [0.15, 0.2) is 60.1 Å². The fourth-order valence-corrected chi connectivity index (χ4v) is 3.37. The first-order chi connectivity index (χ1) is 14.6. The highest BCUT2D eigenvalue weighted by atomic mass is 15.2. The predicted octanol–water partition coefficient (Wildman–Crippen LogP) is 2.97. The van der Waals surface area contributed by atoms with Crippen molar-refractivity contribution in [3.8, 4) is 0 Å². The Morgan fingerprint density at radius 3 is 2.77 bits per heavy atom. The molecule has 0 radical (unpaired) electrons. The maximum Gasteiger partial charge on any atom is 0.188 e. The first-order valence-electron chi connectivity index (χ1n) is 10.3. The van der Waals surface area contributed by atoms with Crippen LogP contribution >= 0.6 is 0 Å². The van der Waals surface area contributed by atoms with E-state index in [4.69, 9.17) is 5.73 Å². The molecule has 0 fully saturated rings. The third-order valence-corrected chi connectivity index (χ3v) is 4.83. The Labute approximate surface area is 178 Å². The molecule has 0 spiro atoms. The second kappa shape index (κ2) is 11.0. The molecule has 158 valence electrons. The minimum Gasteiger partial charge on any atom is -0.370 e. The smallest absolute Gasteiger partial charge is 0.188 e. The second-order valence-electron chi connectivity index (χ2n) is 7.43. The number of imidazole rings is 1. The molecule has 3 aromatic rings. The van der Waals surface area contributed by atoms with Gasteiger partial charge in [-0.3, -0.25) is 4.99 Å². The number of benzene rings is 1. The Kier molecular flexibility index (Phi) is 7.83. The monoisotopic (exact) mass is 405 g/mol. The molecule has 0 aliphatic heterocycles. The van der Waals surface area contributed by atoms with Crippen LogP contribution in [0.3, 0.4) is 0 Å². The number of aromatic amines is 1. The largest absolute Gasteiger partial charge is 0.370 e. The Hall–Kier alpha value is -3.35. The van der Waals surface area contributed by atoms with Gasteiger partial charge in [0.1, 0.15) is 5.82 Å². The Balaban J connectivity index is 1.54. The minimum absolute atomic E-state index is 0.479. The Bertz CT molecular complexity index is 920. The van der Waals surface area contributed by atoms with E-state index in [0.717, 1.165) is 37.4 Å². The highest BCUT2D eigenvalue weighted by Crippen LogP contribution is 2.19. The van der Waals surface area contributed by atoms with Gasteiger partial charge in [0, 0.05) is 44.3 Å². The number of hydrogen-bond donors (Lipinski definition) is 3. The van der Waals surface area contributed by atoms with E-state index < -0.39 is 0 Å². The zero-order valence-corrected chi connectivity index (χ0v) is 17.8. The first kappa shape index (κ1) is 21.4. The van der Waals surface area contributed by atoms with Crippen LogP contribution in [0.5, 0.6) is 0 Å². The van der Waals surface area contributed by atoms with Crippen LogP contribution < -0.4 is 16.0 Å². The van der Waals surface area contributed by atoms with Gasteiger partial charge in [0.25, 0.3) is 0 Å². The van der Waals surface area contributed by atoms with E-state index in [-0.39, 0.29) is 0 Å². The highest BCUT2D eigenvalue weighted by Gasteiger charge is 2.12. The normalized spacial score (nSPS) is 11.5. The van der Waals surface area contributed by atoms with E-state index in [1.807, 2.05) is 18.5 Å². The topological polar surface area (TPSA) is 95.2 Å². The maximum absolute atomic E-state index is 6.04. The van der Waals surface area contributed by atoms with Gasteiger partial charge in [-0.15, -0.1) is 0 Å². The summed E-state index contributed by atoms with van der Waals surface area (Å²) in [6, 6.07) is 12.6. The van der Waals surface area contributed by atoms with Gasteiger partial charge in [0.2, 0.25) is 0 Å². The summed E-state index contributed by atoms with van der Waals surface area (Å²) in [7, 11) is 0. The third-order valence-electron chi connectivity index (χ3n) is 4.83. The van der Waals surface area contributed by atoms with Crippen molar-refractivity contribution in [2.45, 2.75) is 33.2 Å². The number of pyridine rings is 1. The van der Waals surface area contributed by atoms with Gasteiger partial charge < -0.3 is 20.9 Å². The molecule has 2 heterocycles. The van der Waals surface area contributed by atoms with Gasteiger partial charge in [0.15, 0.2) is 5.96 Å². The van der Waals surface area contributed by atoms with Gasteiger partial charge in [-0.25, -0.2) is 9.97 Å². The average molecular weight is 406 g/mol. The summed E-state index contributed by atoms with van der Waals surface area (Å²) in [6.07, 6.45) is 7.30. The van der Waals surface area contributed by atoms with E-state index in [2.05, 4.69) is 74.3 Å². The lowest BCUT2D eigenvalue weighted by atomic mass is 10.1. The van der Waals surface area contributed by atoms with Crippen molar-refractivity contribution in [3.05, 3.63) is 77.5 Å². The zero-order valence-electron chi connectivity index (χ0n) is 17.8. The SMILES string of the molecule is Cc1cnc(N(CCNC(N)=NCCCc2cnc[nH]2)Cc2ccccc2)c(C)c1. The quantitative estimate of drug-likeness (QED) is 0.274. The van der Waals surface area contributed by atoms with E-state index >= 15 is 0 Å². The number of aromatic nitrogens is 3. The summed E-state index contributed by atoms with van der Waals surface area (Å²) in [6.45, 7) is 7.12. The van der Waals surface area contributed by atoms with E-state index in [0.29, 0.717) is 19.0 Å². The summed E-state index contributed by atoms with van der Waals surface area (Å²) in [5, 5.41) is 3.23. The molecule has 0 saturated heterocycles. The van der Waals surface area contributed by atoms with Crippen molar-refractivity contribution in [2.75, 3.05) is 24.5 Å². The molecule has 2 aromatic heterocycles. The number of nitrogens with two attached hydrogens (primary N) is 1. The number of anilines is 1. The molecule has 0 unspecified atom stereocenters. The maximum atomic E-state index is 6.04. The summed E-state index contributed by atoms with van der Waals surface area (Å²) in [5.41, 5.74) is 10.8. The molecule has 7 nitrogen and oxygen atoms in total. The lowest BCUT2D eigenvalue weighted by molar-refractivity contribution is 0.735. The fraction of sp³-hybridized carbons (Fsp3) is 0.348. The van der Waals surface area contributed by atoms with Crippen molar-refractivity contribution >= 4 is 11.8 Å². The third kappa shape index (κ3) is 6.62. The summed E-state index contributed by atoms with van der Waals surface area (Å²) in [4.78, 5) is 18.5. The average Bonchev–Trinajstić information content (AvgIpc) is 3.25. The van der Waals surface area contributed by atoms with Crippen LogP contribution in [0.4, 0.5) is 5.82 Å². The number of aliphatic imine (C=N–C) groups is 1. The number of nitrogens with one attached hydrogen (secondary N) is 2. The van der Waals surface area contributed by atoms with Crippen molar-refractivity contribution in [3.63, 3.8) is 0 Å². The van der Waals surface area contributed by atoms with Crippen LogP contribution in [-0.2, 0) is 13.0 Å². The standard InChI is InChI=1S/C23H31N7/c1-18-13-19(2)22(28-14-18)30(16-20-7-4-3-5-8-20)12-11-27-23(24)26-10-6-9-21-15-25-17-29-21/h3-5,7-8,13-15,17H,6,9-12,16H2,1-2H3,(H,25,29)(H3,24,26,27). The van der Waals surface area contributed by atoms with Gasteiger partial charge in [-0.1, -0.05) is 36.4 Å². The number of H-pyrrole nitrogens is 1. The molecule has 1 aromatic carbocycles. The van der Waals surface area contributed by atoms with Gasteiger partial charge in [-0.2, -0.15) is 0 Å². The fourth-order valence-electron chi connectivity index (χ4n) is 3.37. The number of hydrogen-bond acceptors (Lipinski definition) is 4. The Morgan fingerprint density at radius 1 is 1.20 bits per heavy atom. The summed E-state index contributed by atoms with van der Waals surface area (Å²) < 4.78 is 0. The summed E-state index contributed by atoms with van der Waals surface area (Å²) >= 11 is 0. The Morgan fingerprint density at radius 2 is 2.03 bits per heavy atom. The van der Waals surface area contributed by atoms with E-state index in [9.17, 15) is 0 Å². The van der Waals surface area contributed by atoms with Crippen molar-refractivity contribution in [1.29, 1.82) is 0 Å². The molecule has 7 heteroatoms. The molecule has 0 bridgehead atoms. The molecule has 3 rings (SSSR count). The molecule has 4 N–H and O–H groups in total. The lowest BCUT2D eigenvalue weighted by Gasteiger charge is -2.26. The molecular formula is C23H31N7. The molecule has 0 amide bonds. The van der Waals surface area contributed by atoms with Gasteiger partial charge >= 0.3 is 0 Å². The van der Waals surface area contributed by atoms with Crippen LogP contribution in [0.1, 0.15) is 28.8 Å². The second-order valence-corrected chi connectivity index (χ2v) is 7.43. The molecule has 0 aliphatic carbocycles. The molecule has 0 saturated carbocycles. The summed E-state index contributed by atoms with van der Waals surface area (Å²) in [5.74, 6) is 1.48. The molecule has 0 aliphatic rings. The van der Waals surface area contributed by atoms with Crippen molar-refractivity contribution in [1.82, 2.24) is 20.3 Å². The van der Waals surface area contributed by atoms with Crippen LogP contribution in [0, 0.1) is 13.8 Å². The van der Waals surface area contributed by atoms with Crippen LogP contribution in [0.25, 0.3) is 0 Å². The van der Waals surface area contributed by atoms with Crippen LogP contribution in [-0.4, -0.2) is 40.5 Å². The molecular weight excluding hydrogens is 374 g/mol. The number of rotatable bonds is 10. The minimum atomic E-state index is 0.479. The lowest BCUT2D eigenvalue weighted by Crippen LogP contribution is -2.39. The first-order valence-corrected chi connectivity index (χ1v) is 10.3. The predicted molar refractivity (Wildman–Crippen MR) is 123 cm³/mol. The van der Waals surface area contributed by atoms with Crippen molar-refractivity contribution in [2.24, 2.45) is 10.7 Å². The van der Waals surface area contributed by atoms with Crippen molar-refractivity contribution < 1.29 is 0 Å². The van der Waals surface area contributed by atoms with Gasteiger partial charge in [-0.05, 0) is 43.4 Å².